The van der Waals surface area contributed by atoms with E-state index in [1.807, 2.05) is 11.6 Å². The van der Waals surface area contributed by atoms with Crippen molar-refractivity contribution in [3.8, 4) is 0 Å². The Kier molecular flexibility index (Phi) is 6.49. The van der Waals surface area contributed by atoms with Crippen molar-refractivity contribution in [2.24, 2.45) is 0 Å². The van der Waals surface area contributed by atoms with Crippen molar-refractivity contribution in [2.75, 3.05) is 20.2 Å². The molecule has 0 spiro atoms. The monoisotopic (exact) mass is 254 g/mol. The van der Waals surface area contributed by atoms with Gasteiger partial charge in [-0.3, -0.25) is 4.79 Å². The van der Waals surface area contributed by atoms with Gasteiger partial charge in [-0.25, -0.2) is 0 Å². The summed E-state index contributed by atoms with van der Waals surface area (Å²) in [5.41, 5.74) is 0. The molecule has 0 unspecified atom stereocenters. The van der Waals surface area contributed by atoms with E-state index in [0.717, 1.165) is 10.7 Å². The van der Waals surface area contributed by atoms with Crippen LogP contribution in [0.2, 0.25) is 0 Å². The first-order chi connectivity index (χ1) is 7.35. The number of hydrogen-bond donors (Lipinski definition) is 3. The summed E-state index contributed by atoms with van der Waals surface area (Å²) < 4.78 is 26.0. The minimum atomic E-state index is -3.85. The number of rotatable bonds is 8. The van der Waals surface area contributed by atoms with E-state index >= 15 is 0 Å². The SMILES string of the molecule is CCCCN(C)S(=O)(=O)N[C@@H](CO)C(=O)O. The van der Waals surface area contributed by atoms with E-state index < -0.39 is 28.8 Å². The molecule has 0 radical (unpaired) electrons. The second-order valence-electron chi connectivity index (χ2n) is 3.37. The number of unbranched alkanes of at least 4 members (excludes halogenated alkanes) is 1. The molecule has 0 rings (SSSR count). The molecule has 7 nitrogen and oxygen atoms in total. The zero-order valence-electron chi connectivity index (χ0n) is 9.38. The summed E-state index contributed by atoms with van der Waals surface area (Å²) in [7, 11) is -2.49. The van der Waals surface area contributed by atoms with E-state index in [-0.39, 0.29) is 0 Å². The molecule has 96 valence electrons. The zero-order chi connectivity index (χ0) is 12.8. The molecular formula is C8H18N2O5S. The fraction of sp³-hybridized carbons (Fsp3) is 0.875. The highest BCUT2D eigenvalue weighted by molar-refractivity contribution is 7.87. The van der Waals surface area contributed by atoms with E-state index in [9.17, 15) is 13.2 Å². The topological polar surface area (TPSA) is 107 Å². The number of nitrogens with zero attached hydrogens (tertiary/aromatic N) is 1. The smallest absolute Gasteiger partial charge is 0.324 e. The van der Waals surface area contributed by atoms with Gasteiger partial charge in [0.2, 0.25) is 0 Å². The summed E-state index contributed by atoms with van der Waals surface area (Å²) in [5, 5.41) is 17.3. The Morgan fingerprint density at radius 1 is 1.50 bits per heavy atom. The molecule has 1 atom stereocenters. The largest absolute Gasteiger partial charge is 0.480 e. The minimum absolute atomic E-state index is 0.309. The van der Waals surface area contributed by atoms with Crippen molar-refractivity contribution < 1.29 is 23.4 Å². The molecule has 0 heterocycles. The predicted octanol–water partition coefficient (Wildman–Crippen LogP) is -1.00. The third-order valence-corrected chi connectivity index (χ3v) is 3.59. The van der Waals surface area contributed by atoms with Crippen LogP contribution in [0.15, 0.2) is 0 Å². The highest BCUT2D eigenvalue weighted by atomic mass is 32.2. The molecular weight excluding hydrogens is 236 g/mol. The molecule has 0 aliphatic rings. The number of hydrogen-bond acceptors (Lipinski definition) is 4. The number of carbonyl (C=O) groups is 1. The lowest BCUT2D eigenvalue weighted by atomic mass is 10.3. The second-order valence-corrected chi connectivity index (χ2v) is 5.18. The van der Waals surface area contributed by atoms with Crippen LogP contribution in [0.3, 0.4) is 0 Å². The van der Waals surface area contributed by atoms with Crippen molar-refractivity contribution in [2.45, 2.75) is 25.8 Å². The average Bonchev–Trinajstić information content (AvgIpc) is 2.21. The van der Waals surface area contributed by atoms with Crippen molar-refractivity contribution in [3.63, 3.8) is 0 Å². The van der Waals surface area contributed by atoms with Crippen molar-refractivity contribution in [3.05, 3.63) is 0 Å². The number of carboxylic acids is 1. The summed E-state index contributed by atoms with van der Waals surface area (Å²) in [4.78, 5) is 10.5. The van der Waals surface area contributed by atoms with Crippen LogP contribution >= 0.6 is 0 Å². The fourth-order valence-electron chi connectivity index (χ4n) is 0.936. The van der Waals surface area contributed by atoms with Crippen LogP contribution in [0.5, 0.6) is 0 Å². The van der Waals surface area contributed by atoms with Crippen molar-refractivity contribution >= 4 is 16.2 Å². The highest BCUT2D eigenvalue weighted by Gasteiger charge is 2.25. The zero-order valence-corrected chi connectivity index (χ0v) is 10.2. The maximum Gasteiger partial charge on any atom is 0.324 e. The fourth-order valence-corrected chi connectivity index (χ4v) is 2.02. The minimum Gasteiger partial charge on any atom is -0.480 e. The predicted molar refractivity (Wildman–Crippen MR) is 58.1 cm³/mol. The third kappa shape index (κ3) is 4.88. The van der Waals surface area contributed by atoms with Gasteiger partial charge in [0.15, 0.2) is 0 Å². The molecule has 0 saturated heterocycles. The molecule has 0 aromatic rings. The van der Waals surface area contributed by atoms with Gasteiger partial charge in [0.25, 0.3) is 10.2 Å². The molecule has 16 heavy (non-hydrogen) atoms. The van der Waals surface area contributed by atoms with E-state index in [1.165, 1.54) is 7.05 Å². The Bertz CT molecular complexity index is 316. The Labute approximate surface area is 95.2 Å². The van der Waals surface area contributed by atoms with Crippen LogP contribution in [0, 0.1) is 0 Å². The van der Waals surface area contributed by atoms with Crippen LogP contribution in [0.4, 0.5) is 0 Å². The molecule has 3 N–H and O–H groups in total. The van der Waals surface area contributed by atoms with Crippen LogP contribution in [-0.2, 0) is 15.0 Å². The van der Waals surface area contributed by atoms with E-state index in [4.69, 9.17) is 10.2 Å². The summed E-state index contributed by atoms with van der Waals surface area (Å²) >= 11 is 0. The number of carboxylic acid groups (broad SMARTS) is 1. The number of aliphatic carboxylic acids is 1. The van der Waals surface area contributed by atoms with Gasteiger partial charge in [-0.2, -0.15) is 17.4 Å². The Morgan fingerprint density at radius 3 is 2.44 bits per heavy atom. The Morgan fingerprint density at radius 2 is 2.06 bits per heavy atom. The van der Waals surface area contributed by atoms with Crippen molar-refractivity contribution in [1.82, 2.24) is 9.03 Å². The van der Waals surface area contributed by atoms with Gasteiger partial charge < -0.3 is 10.2 Å². The quantitative estimate of drug-likeness (QED) is 0.515. The summed E-state index contributed by atoms with van der Waals surface area (Å²) in [6, 6.07) is -1.51. The average molecular weight is 254 g/mol. The molecule has 8 heteroatoms. The van der Waals surface area contributed by atoms with Gasteiger partial charge >= 0.3 is 5.97 Å². The molecule has 0 aromatic heterocycles. The summed E-state index contributed by atoms with van der Waals surface area (Å²) in [5.74, 6) is -1.41. The Hall–Kier alpha value is -0.700. The van der Waals surface area contributed by atoms with Gasteiger partial charge in [-0.15, -0.1) is 0 Å². The molecule has 0 aromatic carbocycles. The first-order valence-electron chi connectivity index (χ1n) is 4.92. The van der Waals surface area contributed by atoms with E-state index in [2.05, 4.69) is 0 Å². The lowest BCUT2D eigenvalue weighted by Gasteiger charge is -2.19. The Balaban J connectivity index is 4.48. The lowest BCUT2D eigenvalue weighted by molar-refractivity contribution is -0.139. The number of aliphatic hydroxyl groups is 1. The summed E-state index contributed by atoms with van der Waals surface area (Å²) in [6.45, 7) is 1.45. The maximum absolute atomic E-state index is 11.6. The second kappa shape index (κ2) is 6.79. The van der Waals surface area contributed by atoms with E-state index in [0.29, 0.717) is 13.0 Å². The van der Waals surface area contributed by atoms with Gasteiger partial charge in [-0.1, -0.05) is 13.3 Å². The van der Waals surface area contributed by atoms with Gasteiger partial charge in [0.1, 0.15) is 6.04 Å². The maximum atomic E-state index is 11.6. The van der Waals surface area contributed by atoms with Gasteiger partial charge in [0, 0.05) is 13.6 Å². The van der Waals surface area contributed by atoms with E-state index in [1.54, 1.807) is 0 Å². The van der Waals surface area contributed by atoms with Gasteiger partial charge in [-0.05, 0) is 6.42 Å². The highest BCUT2D eigenvalue weighted by Crippen LogP contribution is 1.99. The third-order valence-electron chi connectivity index (χ3n) is 2.01. The van der Waals surface area contributed by atoms with Crippen molar-refractivity contribution in [1.29, 1.82) is 0 Å². The van der Waals surface area contributed by atoms with Crippen LogP contribution in [0.25, 0.3) is 0 Å². The standard InChI is InChI=1S/C8H18N2O5S/c1-3-4-5-10(2)16(14,15)9-7(6-11)8(12)13/h7,9,11H,3-6H2,1-2H3,(H,12,13)/t7-/m0/s1. The van der Waals surface area contributed by atoms with Gasteiger partial charge in [0.05, 0.1) is 6.61 Å². The number of nitrogens with one attached hydrogen (secondary N) is 1. The molecule has 0 saturated carbocycles. The van der Waals surface area contributed by atoms with Crippen LogP contribution in [-0.4, -0.2) is 55.1 Å². The lowest BCUT2D eigenvalue weighted by Crippen LogP contribution is -2.48. The molecule has 0 bridgehead atoms. The normalized spacial score (nSPS) is 14.0. The van der Waals surface area contributed by atoms with Crippen LogP contribution < -0.4 is 4.72 Å². The first kappa shape index (κ1) is 15.3. The van der Waals surface area contributed by atoms with Crippen LogP contribution in [0.1, 0.15) is 19.8 Å². The molecule has 0 aliphatic heterocycles. The number of aliphatic hydroxyl groups excluding tert-OH is 1. The molecule has 0 fully saturated rings. The summed E-state index contributed by atoms with van der Waals surface area (Å²) in [6.07, 6.45) is 1.52. The first-order valence-corrected chi connectivity index (χ1v) is 6.36. The molecule has 0 amide bonds. The molecule has 0 aliphatic carbocycles.